The van der Waals surface area contributed by atoms with Crippen LogP contribution in [-0.2, 0) is 14.4 Å². The smallest absolute Gasteiger partial charge is 0.243 e. The lowest BCUT2D eigenvalue weighted by molar-refractivity contribution is -0.130. The minimum Gasteiger partial charge on any atom is -0.376 e. The number of nitrogens with one attached hydrogen (secondary N) is 3. The molecule has 0 aromatic carbocycles. The van der Waals surface area contributed by atoms with Crippen LogP contribution in [0, 0.1) is 35.0 Å². The summed E-state index contributed by atoms with van der Waals surface area (Å²) in [5.74, 6) is 1.68. The molecule has 0 spiro atoms. The van der Waals surface area contributed by atoms with Crippen LogP contribution in [0.5, 0.6) is 0 Å². The number of rotatable bonds is 10. The molecule has 6 atom stereocenters. The molecule has 30 heavy (non-hydrogen) atoms. The number of fused-ring (bicyclic) bond motifs is 3. The molecule has 0 bridgehead atoms. The van der Waals surface area contributed by atoms with Gasteiger partial charge in [0, 0.05) is 36.4 Å². The lowest BCUT2D eigenvalue weighted by atomic mass is 9.85. The van der Waals surface area contributed by atoms with E-state index in [-0.39, 0.29) is 40.9 Å². The Morgan fingerprint density at radius 3 is 2.33 bits per heavy atom. The molecule has 1 fully saturated rings. The monoisotopic (exact) mass is 417 g/mol. The summed E-state index contributed by atoms with van der Waals surface area (Å²) < 4.78 is 0. The number of carbonyl (C=O) groups is 3. The number of hydrogen-bond donors (Lipinski definition) is 3. The van der Waals surface area contributed by atoms with E-state index in [0.29, 0.717) is 24.2 Å². The maximum absolute atomic E-state index is 12.8. The van der Waals surface area contributed by atoms with E-state index >= 15 is 0 Å². The summed E-state index contributed by atoms with van der Waals surface area (Å²) in [6.45, 7) is 14.9. The highest BCUT2D eigenvalue weighted by Gasteiger charge is 2.73. The Bertz CT molecular complexity index is 757. The molecule has 3 rings (SSSR count). The predicted octanol–water partition coefficient (Wildman–Crippen LogP) is 2.79. The fourth-order valence-electron chi connectivity index (χ4n) is 5.47. The van der Waals surface area contributed by atoms with Gasteiger partial charge in [0.05, 0.1) is 6.04 Å². The Labute approximate surface area is 181 Å². The molecule has 2 aliphatic carbocycles. The quantitative estimate of drug-likeness (QED) is 0.510. The summed E-state index contributed by atoms with van der Waals surface area (Å²) in [7, 11) is 0. The van der Waals surface area contributed by atoms with E-state index < -0.39 is 6.04 Å². The van der Waals surface area contributed by atoms with Crippen molar-refractivity contribution < 1.29 is 14.4 Å². The van der Waals surface area contributed by atoms with Gasteiger partial charge in [-0.15, -0.1) is 0 Å². The lowest BCUT2D eigenvalue weighted by Crippen LogP contribution is -2.50. The lowest BCUT2D eigenvalue weighted by Gasteiger charge is -2.22. The molecule has 0 saturated heterocycles. The summed E-state index contributed by atoms with van der Waals surface area (Å²) in [6, 6.07) is -0.762. The highest BCUT2D eigenvalue weighted by atomic mass is 16.2. The molecular formula is C24H39N3O3. The van der Waals surface area contributed by atoms with Gasteiger partial charge in [0.15, 0.2) is 5.78 Å². The molecule has 3 unspecified atom stereocenters. The van der Waals surface area contributed by atoms with Crippen molar-refractivity contribution in [1.82, 2.24) is 16.0 Å². The molecule has 1 heterocycles. The van der Waals surface area contributed by atoms with Gasteiger partial charge >= 0.3 is 0 Å². The number of allylic oxidation sites excluding steroid dienone is 1. The Balaban J connectivity index is 1.47. The number of carbonyl (C=O) groups excluding carboxylic acids is 3. The standard InChI is InChI=1S/C24H39N3O3/c1-12(2)9-11-25-16(28)8-10-24(7)18-17-14(5)20(27-21(17)19(18)24)23(30)26-15(6)22(29)13(3)4/h12-15,18-20,27H,8-11H2,1-7H3,(H,25,28)(H,26,30)/t14?,15-,18+,19?,20?,24+/m0/s1. The van der Waals surface area contributed by atoms with Crippen LogP contribution in [0.4, 0.5) is 0 Å². The number of hydrogen-bond acceptors (Lipinski definition) is 4. The summed E-state index contributed by atoms with van der Waals surface area (Å²) in [4.78, 5) is 37.0. The molecule has 1 aliphatic heterocycles. The molecule has 0 aromatic heterocycles. The second-order valence-electron chi connectivity index (χ2n) is 10.6. The topological polar surface area (TPSA) is 87.3 Å². The first-order valence-corrected chi connectivity index (χ1v) is 11.6. The van der Waals surface area contributed by atoms with Gasteiger partial charge in [0.2, 0.25) is 11.8 Å². The first kappa shape index (κ1) is 22.8. The van der Waals surface area contributed by atoms with Crippen LogP contribution in [0.2, 0.25) is 0 Å². The van der Waals surface area contributed by atoms with Crippen LogP contribution in [0.15, 0.2) is 11.3 Å². The minimum atomic E-state index is -0.464. The van der Waals surface area contributed by atoms with Gasteiger partial charge < -0.3 is 16.0 Å². The number of ketones is 1. The maximum Gasteiger partial charge on any atom is 0.243 e. The molecule has 6 heteroatoms. The first-order valence-electron chi connectivity index (χ1n) is 11.6. The second kappa shape index (κ2) is 8.35. The molecule has 6 nitrogen and oxygen atoms in total. The minimum absolute atomic E-state index is 0.0550. The van der Waals surface area contributed by atoms with Crippen LogP contribution in [0.1, 0.15) is 67.7 Å². The molecule has 3 aliphatic rings. The van der Waals surface area contributed by atoms with Gasteiger partial charge in [-0.3, -0.25) is 14.4 Å². The van der Waals surface area contributed by atoms with Crippen molar-refractivity contribution >= 4 is 17.6 Å². The van der Waals surface area contributed by atoms with Gasteiger partial charge in [-0.05, 0) is 42.6 Å². The zero-order chi connectivity index (χ0) is 22.4. The molecule has 3 N–H and O–H groups in total. The molecule has 0 aromatic rings. The third-order valence-electron chi connectivity index (χ3n) is 7.48. The zero-order valence-corrected chi connectivity index (χ0v) is 19.6. The van der Waals surface area contributed by atoms with E-state index in [1.165, 1.54) is 11.3 Å². The number of amides is 2. The van der Waals surface area contributed by atoms with Crippen molar-refractivity contribution in [3.63, 3.8) is 0 Å². The molecule has 0 radical (unpaired) electrons. The van der Waals surface area contributed by atoms with Crippen molar-refractivity contribution in [2.75, 3.05) is 6.54 Å². The van der Waals surface area contributed by atoms with E-state index in [2.05, 4.69) is 43.6 Å². The van der Waals surface area contributed by atoms with Crippen molar-refractivity contribution in [3.8, 4) is 0 Å². The van der Waals surface area contributed by atoms with Crippen LogP contribution >= 0.6 is 0 Å². The van der Waals surface area contributed by atoms with Gasteiger partial charge in [-0.25, -0.2) is 0 Å². The van der Waals surface area contributed by atoms with Gasteiger partial charge in [-0.1, -0.05) is 41.5 Å². The average molecular weight is 418 g/mol. The van der Waals surface area contributed by atoms with Crippen molar-refractivity contribution in [2.24, 2.45) is 35.0 Å². The molecule has 168 valence electrons. The Morgan fingerprint density at radius 2 is 1.77 bits per heavy atom. The van der Waals surface area contributed by atoms with Gasteiger partial charge in [0.1, 0.15) is 6.04 Å². The highest BCUT2D eigenvalue weighted by Crippen LogP contribution is 2.76. The number of Topliss-reactive ketones (excluding diaryl/α,β-unsaturated/α-hetero) is 1. The normalized spacial score (nSPS) is 32.2. The predicted molar refractivity (Wildman–Crippen MR) is 117 cm³/mol. The van der Waals surface area contributed by atoms with Crippen LogP contribution in [0.3, 0.4) is 0 Å². The van der Waals surface area contributed by atoms with Gasteiger partial charge in [-0.2, -0.15) is 0 Å². The molecule has 1 saturated carbocycles. The Kier molecular flexibility index (Phi) is 6.35. The van der Waals surface area contributed by atoms with Gasteiger partial charge in [0.25, 0.3) is 0 Å². The molecule has 2 amide bonds. The Morgan fingerprint density at radius 1 is 1.10 bits per heavy atom. The summed E-state index contributed by atoms with van der Waals surface area (Å²) in [5, 5.41) is 9.37. The maximum atomic E-state index is 12.8. The largest absolute Gasteiger partial charge is 0.376 e. The van der Waals surface area contributed by atoms with Crippen molar-refractivity contribution in [2.45, 2.75) is 79.8 Å². The van der Waals surface area contributed by atoms with Crippen LogP contribution in [-0.4, -0.2) is 36.2 Å². The van der Waals surface area contributed by atoms with E-state index in [1.807, 2.05) is 13.8 Å². The third-order valence-corrected chi connectivity index (χ3v) is 7.48. The van der Waals surface area contributed by atoms with E-state index in [9.17, 15) is 14.4 Å². The first-order chi connectivity index (χ1) is 14.0. The van der Waals surface area contributed by atoms with Crippen molar-refractivity contribution in [1.29, 1.82) is 0 Å². The average Bonchev–Trinajstić information content (AvgIpc) is 3.04. The summed E-state index contributed by atoms with van der Waals surface area (Å²) in [6.07, 6.45) is 2.46. The van der Waals surface area contributed by atoms with E-state index in [4.69, 9.17) is 0 Å². The second-order valence-corrected chi connectivity index (χ2v) is 10.6. The summed E-state index contributed by atoms with van der Waals surface area (Å²) in [5.41, 5.74) is 2.73. The SMILES string of the molecule is CC(C)CCNC(=O)CC[C@@]1(C)C2C3=C(C(C)C(C(=O)N[C@@H](C)C(=O)C(C)C)N3)[C@H]21. The van der Waals surface area contributed by atoms with E-state index in [0.717, 1.165) is 19.4 Å². The highest BCUT2D eigenvalue weighted by molar-refractivity contribution is 5.92. The Hall–Kier alpha value is -1.85. The molecular weight excluding hydrogens is 378 g/mol. The van der Waals surface area contributed by atoms with Crippen LogP contribution < -0.4 is 16.0 Å². The fraction of sp³-hybridized carbons (Fsp3) is 0.792. The zero-order valence-electron chi connectivity index (χ0n) is 19.6. The van der Waals surface area contributed by atoms with E-state index in [1.54, 1.807) is 6.92 Å². The third kappa shape index (κ3) is 4.02. The summed E-state index contributed by atoms with van der Waals surface area (Å²) >= 11 is 0. The van der Waals surface area contributed by atoms with Crippen molar-refractivity contribution in [3.05, 3.63) is 11.3 Å². The fourth-order valence-corrected chi connectivity index (χ4v) is 5.47. The van der Waals surface area contributed by atoms with Crippen LogP contribution in [0.25, 0.3) is 0 Å².